The minimum absolute atomic E-state index is 0.120. The lowest BCUT2D eigenvalue weighted by Crippen LogP contribution is -2.55. The molecule has 2 N–H and O–H groups in total. The van der Waals surface area contributed by atoms with Gasteiger partial charge in [0.05, 0.1) is 58.2 Å². The van der Waals surface area contributed by atoms with Crippen molar-refractivity contribution in [3.8, 4) is 0 Å². The highest BCUT2D eigenvalue weighted by molar-refractivity contribution is 5.85. The first kappa shape index (κ1) is 52.2. The van der Waals surface area contributed by atoms with Gasteiger partial charge in [0.2, 0.25) is 0 Å². The molecule has 2 aliphatic heterocycles. The molecular weight excluding hydrogens is 892 g/mol. The van der Waals surface area contributed by atoms with E-state index in [9.17, 15) is 57.8 Å². The Kier molecular flexibility index (Phi) is 19.1. The van der Waals surface area contributed by atoms with Crippen LogP contribution < -0.4 is 34.1 Å². The van der Waals surface area contributed by atoms with Gasteiger partial charge in [-0.25, -0.2) is 65.8 Å². The zero-order valence-corrected chi connectivity index (χ0v) is 37.0. The minimum atomic E-state index is -1.37. The molecule has 30 nitrogen and oxygen atoms in total. The molecule has 2 aromatic heterocycles. The number of aliphatic hydroxyl groups is 1. The topological polar surface area (TPSA) is 335 Å². The molecule has 3 unspecified atom stereocenters. The fourth-order valence-electron chi connectivity index (χ4n) is 6.94. The van der Waals surface area contributed by atoms with E-state index < -0.39 is 148 Å². The molecule has 368 valence electrons. The summed E-state index contributed by atoms with van der Waals surface area (Å²) in [5, 5.41) is 18.5. The van der Waals surface area contributed by atoms with Crippen LogP contribution in [-0.2, 0) is 86.8 Å². The molecule has 0 saturated carbocycles. The Balaban J connectivity index is 1.48. The van der Waals surface area contributed by atoms with Crippen LogP contribution >= 0.6 is 0 Å². The number of methoxy groups -OCH3 is 4. The van der Waals surface area contributed by atoms with Gasteiger partial charge in [-0.05, 0) is 6.92 Å². The quantitative estimate of drug-likeness (QED) is 0.0594. The van der Waals surface area contributed by atoms with Crippen molar-refractivity contribution in [2.75, 3.05) is 81.8 Å². The van der Waals surface area contributed by atoms with Crippen LogP contribution in [0.2, 0.25) is 0 Å². The van der Waals surface area contributed by atoms with Crippen molar-refractivity contribution in [3.63, 3.8) is 0 Å². The molecule has 2 aromatic rings. The number of esters is 2. The third-order valence-corrected chi connectivity index (χ3v) is 10.0. The summed E-state index contributed by atoms with van der Waals surface area (Å²) in [6, 6.07) is -1.07. The number of aliphatic hydroxyl groups excluding tert-OH is 1. The van der Waals surface area contributed by atoms with Crippen molar-refractivity contribution in [1.82, 2.24) is 47.0 Å². The third kappa shape index (κ3) is 12.0. The van der Waals surface area contributed by atoms with Crippen LogP contribution in [0.4, 0.5) is 9.59 Å². The predicted molar refractivity (Wildman–Crippen MR) is 218 cm³/mol. The lowest BCUT2D eigenvalue weighted by Gasteiger charge is -2.28. The number of rotatable bonds is 28. The van der Waals surface area contributed by atoms with Gasteiger partial charge in [-0.2, -0.15) is 0 Å². The number of carbonyl (C=O) groups is 5. The number of hydrogen-bond donors (Lipinski definition) is 2. The van der Waals surface area contributed by atoms with E-state index in [-0.39, 0.29) is 46.6 Å². The minimum Gasteiger partial charge on any atom is -0.481 e. The van der Waals surface area contributed by atoms with Crippen LogP contribution in [0, 0.1) is 0 Å². The zero-order valence-electron chi connectivity index (χ0n) is 37.0. The van der Waals surface area contributed by atoms with Crippen LogP contribution in [-0.4, -0.2) is 187 Å². The largest absolute Gasteiger partial charge is 0.481 e. The number of ether oxygens (including phenoxy) is 7. The Hall–Kier alpha value is -6.47. The molecule has 0 radical (unpaired) electrons. The van der Waals surface area contributed by atoms with E-state index in [4.69, 9.17) is 38.3 Å². The number of nitrogens with zero attached hydrogens (tertiary/aromatic N) is 10. The SMILES string of the molecule is COCCn1c(=O)n(CCOCN2C(=O)N(COC)C3C2N(COC)C(=O)N3COC)c(=O)n(CCOC(=O)CCn2c(=O)n(CCC(=O)O)c(=O)n(CCC(=O)OCC(C)O)c2=O)c1=O. The van der Waals surface area contributed by atoms with Gasteiger partial charge in [0, 0.05) is 48.1 Å². The number of hydrogen-bond acceptors (Lipinski definition) is 19. The first-order valence-electron chi connectivity index (χ1n) is 20.2. The number of carboxylic acids is 1. The Morgan fingerprint density at radius 1 is 0.485 bits per heavy atom. The molecule has 0 aromatic carbocycles. The monoisotopic (exact) mass is 946 g/mol. The molecule has 0 spiro atoms. The summed E-state index contributed by atoms with van der Waals surface area (Å²) < 4.78 is 39.8. The first-order valence-corrected chi connectivity index (χ1v) is 20.2. The highest BCUT2D eigenvalue weighted by atomic mass is 16.5. The summed E-state index contributed by atoms with van der Waals surface area (Å²) in [4.78, 5) is 148. The molecule has 4 heterocycles. The average molecular weight is 947 g/mol. The highest BCUT2D eigenvalue weighted by Gasteiger charge is 2.59. The fraction of sp³-hybridized carbons (Fsp3) is 0.694. The highest BCUT2D eigenvalue weighted by Crippen LogP contribution is 2.34. The smallest absolute Gasteiger partial charge is 0.336 e. The van der Waals surface area contributed by atoms with Gasteiger partial charge in [0.25, 0.3) is 0 Å². The van der Waals surface area contributed by atoms with Crippen LogP contribution in [0.5, 0.6) is 0 Å². The molecule has 2 saturated heterocycles. The zero-order chi connectivity index (χ0) is 48.8. The Bertz CT molecular complexity index is 2430. The molecule has 4 amide bonds. The molecule has 66 heavy (non-hydrogen) atoms. The van der Waals surface area contributed by atoms with Crippen molar-refractivity contribution < 1.29 is 67.3 Å². The van der Waals surface area contributed by atoms with Crippen LogP contribution in [0.25, 0.3) is 0 Å². The number of urea groups is 2. The second-order valence-corrected chi connectivity index (χ2v) is 14.6. The van der Waals surface area contributed by atoms with Gasteiger partial charge in [-0.3, -0.25) is 34.0 Å². The Morgan fingerprint density at radius 3 is 1.21 bits per heavy atom. The third-order valence-electron chi connectivity index (χ3n) is 10.0. The fourth-order valence-corrected chi connectivity index (χ4v) is 6.94. The lowest BCUT2D eigenvalue weighted by molar-refractivity contribution is -0.146. The Morgan fingerprint density at radius 2 is 0.833 bits per heavy atom. The Labute approximate surface area is 372 Å². The first-order chi connectivity index (χ1) is 31.4. The molecular formula is C36H54N10O20. The molecule has 0 aliphatic carbocycles. The van der Waals surface area contributed by atoms with Crippen molar-refractivity contribution in [2.24, 2.45) is 0 Å². The summed E-state index contributed by atoms with van der Waals surface area (Å²) in [5.74, 6) is -3.32. The van der Waals surface area contributed by atoms with Gasteiger partial charge in [0.15, 0.2) is 12.3 Å². The maximum atomic E-state index is 13.6. The molecule has 2 aliphatic rings. The summed E-state index contributed by atoms with van der Waals surface area (Å²) >= 11 is 0. The van der Waals surface area contributed by atoms with Crippen molar-refractivity contribution in [2.45, 2.75) is 83.9 Å². The van der Waals surface area contributed by atoms with E-state index in [1.807, 2.05) is 0 Å². The van der Waals surface area contributed by atoms with E-state index in [0.29, 0.717) is 27.4 Å². The number of fused-ring (bicyclic) bond motifs is 1. The van der Waals surface area contributed by atoms with E-state index >= 15 is 0 Å². The molecule has 30 heteroatoms. The van der Waals surface area contributed by atoms with E-state index in [1.165, 1.54) is 55.0 Å². The van der Waals surface area contributed by atoms with Crippen LogP contribution in [0.1, 0.15) is 26.2 Å². The van der Waals surface area contributed by atoms with Gasteiger partial charge < -0.3 is 43.4 Å². The molecule has 3 atom stereocenters. The second-order valence-electron chi connectivity index (χ2n) is 14.6. The second kappa shape index (κ2) is 24.2. The summed E-state index contributed by atoms with van der Waals surface area (Å²) in [7, 11) is 5.43. The summed E-state index contributed by atoms with van der Waals surface area (Å²) in [6.45, 7) is -4.39. The lowest BCUT2D eigenvalue weighted by atomic mass is 10.3. The molecule has 2 fully saturated rings. The average Bonchev–Trinajstić information content (AvgIpc) is 3.68. The van der Waals surface area contributed by atoms with E-state index in [1.54, 1.807) is 0 Å². The maximum absolute atomic E-state index is 13.6. The van der Waals surface area contributed by atoms with Crippen LogP contribution in [0.15, 0.2) is 28.8 Å². The number of carboxylic acid groups (broad SMARTS) is 1. The number of carbonyl (C=O) groups excluding carboxylic acids is 4. The standard InChI is InChI=1S/C36H54N10O20/c1-23(47)18-66-26(51)8-11-39-30(53)37(9-6-24(48)49)29(52)38(31(39)54)10-7-25(50)65-17-14-42-33(56)40(12-15-60-2)32(55)41(34(42)57)13-16-64-22-46-28-27(44(20-62-4)36(46)59)43(19-61-3)35(58)45(28)21-63-5/h23,27-28,47H,6-22H2,1-5H3,(H,48,49). The number of aliphatic carboxylic acids is 1. The summed E-state index contributed by atoms with van der Waals surface area (Å²) in [5.41, 5.74) is -6.92. The van der Waals surface area contributed by atoms with E-state index in [2.05, 4.69) is 0 Å². The van der Waals surface area contributed by atoms with Crippen LogP contribution in [0.3, 0.4) is 0 Å². The normalized spacial score (nSPS) is 16.3. The van der Waals surface area contributed by atoms with Gasteiger partial charge in [-0.15, -0.1) is 0 Å². The van der Waals surface area contributed by atoms with Crippen molar-refractivity contribution in [3.05, 3.63) is 62.9 Å². The van der Waals surface area contributed by atoms with Crippen molar-refractivity contribution in [1.29, 1.82) is 0 Å². The van der Waals surface area contributed by atoms with Gasteiger partial charge >= 0.3 is 64.1 Å². The molecule has 4 rings (SSSR count). The number of amides is 4. The number of aromatic nitrogens is 6. The van der Waals surface area contributed by atoms with Gasteiger partial charge in [0.1, 0.15) is 40.1 Å². The predicted octanol–water partition coefficient (Wildman–Crippen LogP) is -5.36. The van der Waals surface area contributed by atoms with E-state index in [0.717, 1.165) is 0 Å². The summed E-state index contributed by atoms with van der Waals surface area (Å²) in [6.07, 6.45) is -4.70. The van der Waals surface area contributed by atoms with Gasteiger partial charge in [-0.1, -0.05) is 0 Å². The van der Waals surface area contributed by atoms with Crippen molar-refractivity contribution >= 4 is 30.0 Å². The maximum Gasteiger partial charge on any atom is 0.336 e. The molecule has 0 bridgehead atoms.